The van der Waals surface area contributed by atoms with Gasteiger partial charge in [0.1, 0.15) is 0 Å². The molecule has 5 heteroatoms. The molecular weight excluding hydrogens is 292 g/mol. The van der Waals surface area contributed by atoms with E-state index in [1.807, 2.05) is 30.3 Å². The van der Waals surface area contributed by atoms with Gasteiger partial charge in [-0.2, -0.15) is 0 Å². The van der Waals surface area contributed by atoms with E-state index in [-0.39, 0.29) is 17.6 Å². The molecule has 0 unspecified atom stereocenters. The van der Waals surface area contributed by atoms with E-state index in [1.54, 1.807) is 4.90 Å². The third-order valence-corrected chi connectivity index (χ3v) is 4.29. The molecule has 0 aliphatic heterocycles. The Morgan fingerprint density at radius 2 is 1.74 bits per heavy atom. The Morgan fingerprint density at radius 3 is 2.26 bits per heavy atom. The Kier molecular flexibility index (Phi) is 4.10. The quantitative estimate of drug-likeness (QED) is 0.618. The van der Waals surface area contributed by atoms with Crippen LogP contribution in [0.3, 0.4) is 0 Å². The monoisotopic (exact) mass is 310 g/mol. The molecular formula is C18H18N2O3. The molecule has 1 aliphatic rings. The summed E-state index contributed by atoms with van der Waals surface area (Å²) in [5.41, 5.74) is 1.31. The Bertz CT molecular complexity index is 709. The summed E-state index contributed by atoms with van der Waals surface area (Å²) in [6.45, 7) is 2.06. The first kappa shape index (κ1) is 15.2. The lowest BCUT2D eigenvalue weighted by molar-refractivity contribution is -0.384. The van der Waals surface area contributed by atoms with Crippen LogP contribution in [0.15, 0.2) is 54.6 Å². The number of carbonyl (C=O) groups excluding carboxylic acids is 1. The predicted octanol–water partition coefficient (Wildman–Crippen LogP) is 4.04. The van der Waals surface area contributed by atoms with E-state index in [0.717, 1.165) is 18.5 Å². The van der Waals surface area contributed by atoms with Crippen molar-refractivity contribution in [3.8, 4) is 0 Å². The van der Waals surface area contributed by atoms with Gasteiger partial charge in [-0.3, -0.25) is 14.9 Å². The molecule has 1 saturated carbocycles. The highest BCUT2D eigenvalue weighted by molar-refractivity contribution is 6.06. The van der Waals surface area contributed by atoms with Crippen molar-refractivity contribution in [2.75, 3.05) is 4.90 Å². The average molecular weight is 310 g/mol. The lowest BCUT2D eigenvalue weighted by atomic mass is 10.1. The first-order valence-corrected chi connectivity index (χ1v) is 7.71. The Hall–Kier alpha value is -2.69. The SMILES string of the molecule is C[C@H](C1CC1)N(C(=O)c1ccc([N+](=O)[O-])cc1)c1ccccc1. The summed E-state index contributed by atoms with van der Waals surface area (Å²) in [6, 6.07) is 15.5. The third kappa shape index (κ3) is 3.23. The molecule has 0 radical (unpaired) electrons. The number of benzene rings is 2. The van der Waals surface area contributed by atoms with Crippen LogP contribution in [-0.2, 0) is 0 Å². The number of carbonyl (C=O) groups is 1. The summed E-state index contributed by atoms with van der Waals surface area (Å²) in [6.07, 6.45) is 2.27. The molecule has 1 aliphatic carbocycles. The highest BCUT2D eigenvalue weighted by atomic mass is 16.6. The number of para-hydroxylation sites is 1. The maximum Gasteiger partial charge on any atom is 0.269 e. The molecule has 0 spiro atoms. The standard InChI is InChI=1S/C18H18N2O3/c1-13(14-7-8-14)19(16-5-3-2-4-6-16)18(21)15-9-11-17(12-10-15)20(22)23/h2-6,9-14H,7-8H2,1H3/t13-/m1/s1. The molecule has 1 amide bonds. The summed E-state index contributed by atoms with van der Waals surface area (Å²) >= 11 is 0. The van der Waals surface area contributed by atoms with Crippen LogP contribution in [0.1, 0.15) is 30.1 Å². The van der Waals surface area contributed by atoms with Crippen LogP contribution in [0, 0.1) is 16.0 Å². The van der Waals surface area contributed by atoms with E-state index >= 15 is 0 Å². The first-order valence-electron chi connectivity index (χ1n) is 7.71. The van der Waals surface area contributed by atoms with Crippen LogP contribution in [0.2, 0.25) is 0 Å². The second-order valence-electron chi connectivity index (χ2n) is 5.89. The van der Waals surface area contributed by atoms with E-state index in [4.69, 9.17) is 0 Å². The maximum absolute atomic E-state index is 13.0. The zero-order valence-corrected chi connectivity index (χ0v) is 12.9. The number of amides is 1. The van der Waals surface area contributed by atoms with Crippen LogP contribution in [0.4, 0.5) is 11.4 Å². The second kappa shape index (κ2) is 6.20. The molecule has 2 aromatic rings. The molecule has 118 valence electrons. The van der Waals surface area contributed by atoms with Crippen LogP contribution in [0.25, 0.3) is 0 Å². The average Bonchev–Trinajstić information content (AvgIpc) is 3.41. The van der Waals surface area contributed by atoms with Gasteiger partial charge in [0, 0.05) is 29.4 Å². The van der Waals surface area contributed by atoms with Crippen molar-refractivity contribution in [1.29, 1.82) is 0 Å². The van der Waals surface area contributed by atoms with Crippen LogP contribution in [0.5, 0.6) is 0 Å². The van der Waals surface area contributed by atoms with Crippen molar-refractivity contribution in [2.45, 2.75) is 25.8 Å². The van der Waals surface area contributed by atoms with Gasteiger partial charge in [0.05, 0.1) is 4.92 Å². The van der Waals surface area contributed by atoms with E-state index < -0.39 is 4.92 Å². The highest BCUT2D eigenvalue weighted by Crippen LogP contribution is 2.37. The second-order valence-corrected chi connectivity index (χ2v) is 5.89. The summed E-state index contributed by atoms with van der Waals surface area (Å²) in [5.74, 6) is 0.405. The van der Waals surface area contributed by atoms with Crippen molar-refractivity contribution in [3.63, 3.8) is 0 Å². The highest BCUT2D eigenvalue weighted by Gasteiger charge is 2.35. The fourth-order valence-corrected chi connectivity index (χ4v) is 2.78. The van der Waals surface area contributed by atoms with Crippen molar-refractivity contribution < 1.29 is 9.72 Å². The lowest BCUT2D eigenvalue weighted by Crippen LogP contribution is -2.40. The topological polar surface area (TPSA) is 63.5 Å². The van der Waals surface area contributed by atoms with Crippen LogP contribution in [-0.4, -0.2) is 16.9 Å². The Labute approximate surface area is 134 Å². The normalized spacial score (nSPS) is 15.0. The molecule has 0 bridgehead atoms. The molecule has 1 fully saturated rings. The molecule has 23 heavy (non-hydrogen) atoms. The summed E-state index contributed by atoms with van der Waals surface area (Å²) in [5, 5.41) is 10.8. The number of anilines is 1. The van der Waals surface area contributed by atoms with Gasteiger partial charge in [-0.15, -0.1) is 0 Å². The van der Waals surface area contributed by atoms with Gasteiger partial charge >= 0.3 is 0 Å². The fraction of sp³-hybridized carbons (Fsp3) is 0.278. The minimum atomic E-state index is -0.462. The minimum absolute atomic E-state index is 0.0111. The fourth-order valence-electron chi connectivity index (χ4n) is 2.78. The molecule has 2 aromatic carbocycles. The summed E-state index contributed by atoms with van der Waals surface area (Å²) < 4.78 is 0. The van der Waals surface area contributed by atoms with Crippen molar-refractivity contribution in [2.24, 2.45) is 5.92 Å². The van der Waals surface area contributed by atoms with Gasteiger partial charge < -0.3 is 4.90 Å². The predicted molar refractivity (Wildman–Crippen MR) is 88.5 cm³/mol. The molecule has 0 N–H and O–H groups in total. The number of hydrogen-bond donors (Lipinski definition) is 0. The number of nitrogens with zero attached hydrogens (tertiary/aromatic N) is 2. The van der Waals surface area contributed by atoms with Gasteiger partial charge in [0.15, 0.2) is 0 Å². The number of rotatable bonds is 5. The molecule has 3 rings (SSSR count). The van der Waals surface area contributed by atoms with Crippen molar-refractivity contribution in [3.05, 3.63) is 70.3 Å². The molecule has 5 nitrogen and oxygen atoms in total. The number of nitro groups is 1. The number of non-ortho nitro benzene ring substituents is 1. The van der Waals surface area contributed by atoms with E-state index in [9.17, 15) is 14.9 Å². The van der Waals surface area contributed by atoms with E-state index in [2.05, 4.69) is 6.92 Å². The van der Waals surface area contributed by atoms with Crippen molar-refractivity contribution in [1.82, 2.24) is 0 Å². The van der Waals surface area contributed by atoms with Crippen LogP contribution >= 0.6 is 0 Å². The Morgan fingerprint density at radius 1 is 1.13 bits per heavy atom. The van der Waals surface area contributed by atoms with Crippen LogP contribution < -0.4 is 4.90 Å². The molecule has 0 heterocycles. The number of hydrogen-bond acceptors (Lipinski definition) is 3. The third-order valence-electron chi connectivity index (χ3n) is 4.29. The zero-order valence-electron chi connectivity index (χ0n) is 12.9. The van der Waals surface area contributed by atoms with Gasteiger partial charge in [-0.1, -0.05) is 18.2 Å². The summed E-state index contributed by atoms with van der Waals surface area (Å²) in [4.78, 5) is 25.1. The van der Waals surface area contributed by atoms with Gasteiger partial charge in [0.2, 0.25) is 0 Å². The zero-order chi connectivity index (χ0) is 16.4. The van der Waals surface area contributed by atoms with E-state index in [0.29, 0.717) is 11.5 Å². The van der Waals surface area contributed by atoms with Crippen molar-refractivity contribution >= 4 is 17.3 Å². The minimum Gasteiger partial charge on any atom is -0.305 e. The smallest absolute Gasteiger partial charge is 0.269 e. The van der Waals surface area contributed by atoms with Gasteiger partial charge in [-0.05, 0) is 49.9 Å². The largest absolute Gasteiger partial charge is 0.305 e. The van der Waals surface area contributed by atoms with Gasteiger partial charge in [-0.25, -0.2) is 0 Å². The molecule has 0 aromatic heterocycles. The Balaban J connectivity index is 1.92. The first-order chi connectivity index (χ1) is 11.1. The molecule has 0 saturated heterocycles. The van der Waals surface area contributed by atoms with E-state index in [1.165, 1.54) is 24.3 Å². The number of nitro benzene ring substituents is 1. The van der Waals surface area contributed by atoms with Gasteiger partial charge in [0.25, 0.3) is 11.6 Å². The molecule has 1 atom stereocenters. The maximum atomic E-state index is 13.0. The lowest BCUT2D eigenvalue weighted by Gasteiger charge is -2.29. The summed E-state index contributed by atoms with van der Waals surface area (Å²) in [7, 11) is 0.